The monoisotopic (exact) mass is 451 g/mol. The number of nitrogens with zero attached hydrogens (tertiary/aromatic N) is 1. The number of aromatic nitrogens is 1. The van der Waals surface area contributed by atoms with E-state index in [1.54, 1.807) is 30.5 Å². The Morgan fingerprint density at radius 1 is 0.968 bits per heavy atom. The third-order valence-electron chi connectivity index (χ3n) is 4.80. The molecule has 2 aromatic carbocycles. The van der Waals surface area contributed by atoms with Crippen molar-refractivity contribution in [3.63, 3.8) is 0 Å². The van der Waals surface area contributed by atoms with Crippen LogP contribution in [-0.2, 0) is 27.8 Å². The third-order valence-corrected chi connectivity index (χ3v) is 7.18. The number of carbonyl (C=O) groups excluding carboxylic acids is 1. The molecule has 8 heteroatoms. The van der Waals surface area contributed by atoms with Gasteiger partial charge in [0.1, 0.15) is 10.9 Å². The van der Waals surface area contributed by atoms with Gasteiger partial charge in [0.25, 0.3) is 0 Å². The number of hydrogen-bond acceptors (Lipinski definition) is 5. The van der Waals surface area contributed by atoms with E-state index in [4.69, 9.17) is 0 Å². The number of sulfonamides is 1. The summed E-state index contributed by atoms with van der Waals surface area (Å²) < 4.78 is 29.1. The SMILES string of the molecule is O=C(NCc1cccs1)C(Cc1ccccc1)NS(=O)(=O)c1cccc2cccnc12. The van der Waals surface area contributed by atoms with Gasteiger partial charge in [0.05, 0.1) is 12.1 Å². The first-order valence-electron chi connectivity index (χ1n) is 9.73. The van der Waals surface area contributed by atoms with Gasteiger partial charge in [-0.3, -0.25) is 9.78 Å². The van der Waals surface area contributed by atoms with Gasteiger partial charge in [0, 0.05) is 16.5 Å². The quantitative estimate of drug-likeness (QED) is 0.429. The summed E-state index contributed by atoms with van der Waals surface area (Å²) in [5.74, 6) is -0.381. The standard InChI is InChI=1S/C23H21N3O3S2/c27-23(25-16-19-11-6-14-30-19)20(15-17-7-2-1-3-8-17)26-31(28,29)21-12-4-9-18-10-5-13-24-22(18)21/h1-14,20,26H,15-16H2,(H,25,27). The lowest BCUT2D eigenvalue weighted by Gasteiger charge is -2.19. The topological polar surface area (TPSA) is 88.2 Å². The lowest BCUT2D eigenvalue weighted by atomic mass is 10.1. The van der Waals surface area contributed by atoms with Gasteiger partial charge < -0.3 is 5.32 Å². The molecule has 0 saturated heterocycles. The molecule has 0 saturated carbocycles. The summed E-state index contributed by atoms with van der Waals surface area (Å²) in [5.41, 5.74) is 1.23. The van der Waals surface area contributed by atoms with Gasteiger partial charge in [-0.2, -0.15) is 4.72 Å². The van der Waals surface area contributed by atoms with Crippen molar-refractivity contribution >= 4 is 38.2 Å². The molecule has 158 valence electrons. The predicted molar refractivity (Wildman–Crippen MR) is 122 cm³/mol. The predicted octanol–water partition coefficient (Wildman–Crippen LogP) is 3.50. The Hall–Kier alpha value is -3.07. The minimum Gasteiger partial charge on any atom is -0.350 e. The number of benzene rings is 2. The first-order valence-corrected chi connectivity index (χ1v) is 12.1. The number of hydrogen-bond donors (Lipinski definition) is 2. The second-order valence-corrected chi connectivity index (χ2v) is 9.71. The van der Waals surface area contributed by atoms with Gasteiger partial charge in [-0.05, 0) is 35.6 Å². The summed E-state index contributed by atoms with van der Waals surface area (Å²) in [6.45, 7) is 0.347. The van der Waals surface area contributed by atoms with Gasteiger partial charge in [-0.15, -0.1) is 11.3 Å². The molecule has 1 atom stereocenters. The largest absolute Gasteiger partial charge is 0.350 e. The van der Waals surface area contributed by atoms with Crippen LogP contribution in [0, 0.1) is 0 Å². The molecule has 0 aliphatic rings. The number of pyridine rings is 1. The van der Waals surface area contributed by atoms with E-state index >= 15 is 0 Å². The fourth-order valence-electron chi connectivity index (χ4n) is 3.29. The van der Waals surface area contributed by atoms with E-state index in [0.29, 0.717) is 17.4 Å². The van der Waals surface area contributed by atoms with Crippen molar-refractivity contribution in [1.29, 1.82) is 0 Å². The minimum absolute atomic E-state index is 0.0507. The molecular weight excluding hydrogens is 430 g/mol. The average molecular weight is 452 g/mol. The van der Waals surface area contributed by atoms with Crippen LogP contribution in [0.4, 0.5) is 0 Å². The molecule has 0 aliphatic carbocycles. The van der Waals surface area contributed by atoms with E-state index in [9.17, 15) is 13.2 Å². The van der Waals surface area contributed by atoms with E-state index in [0.717, 1.165) is 10.4 Å². The summed E-state index contributed by atoms with van der Waals surface area (Å²) in [7, 11) is -3.99. The Morgan fingerprint density at radius 2 is 1.77 bits per heavy atom. The summed E-state index contributed by atoms with van der Waals surface area (Å²) in [4.78, 5) is 18.2. The first-order chi connectivity index (χ1) is 15.0. The third kappa shape index (κ3) is 5.16. The van der Waals surface area contributed by atoms with E-state index in [2.05, 4.69) is 15.0 Å². The zero-order valence-corrected chi connectivity index (χ0v) is 18.2. The zero-order valence-electron chi connectivity index (χ0n) is 16.6. The van der Waals surface area contributed by atoms with Crippen LogP contribution in [0.3, 0.4) is 0 Å². The van der Waals surface area contributed by atoms with E-state index in [1.165, 1.54) is 17.4 Å². The molecule has 0 radical (unpaired) electrons. The molecule has 1 unspecified atom stereocenters. The van der Waals surface area contributed by atoms with E-state index in [-0.39, 0.29) is 17.2 Å². The van der Waals surface area contributed by atoms with Gasteiger partial charge in [0.2, 0.25) is 15.9 Å². The Balaban J connectivity index is 1.61. The molecule has 6 nitrogen and oxygen atoms in total. The summed E-state index contributed by atoms with van der Waals surface area (Å²) in [6.07, 6.45) is 1.78. The molecular formula is C23H21N3O3S2. The summed E-state index contributed by atoms with van der Waals surface area (Å²) in [6, 6.07) is 20.7. The van der Waals surface area contributed by atoms with Crippen LogP contribution < -0.4 is 10.0 Å². The minimum atomic E-state index is -3.99. The molecule has 4 rings (SSSR count). The van der Waals surface area contributed by atoms with Crippen LogP contribution in [0.1, 0.15) is 10.4 Å². The highest BCUT2D eigenvalue weighted by atomic mass is 32.2. The Kier molecular flexibility index (Phi) is 6.41. The van der Waals surface area contributed by atoms with Crippen molar-refractivity contribution in [2.75, 3.05) is 0 Å². The highest BCUT2D eigenvalue weighted by Crippen LogP contribution is 2.21. The summed E-state index contributed by atoms with van der Waals surface area (Å²) >= 11 is 1.53. The zero-order chi connectivity index (χ0) is 21.7. The molecule has 0 bridgehead atoms. The van der Waals surface area contributed by atoms with Crippen molar-refractivity contribution in [3.8, 4) is 0 Å². The Labute approximate surface area is 185 Å². The lowest BCUT2D eigenvalue weighted by molar-refractivity contribution is -0.122. The second-order valence-electron chi connectivity index (χ2n) is 6.99. The van der Waals surface area contributed by atoms with E-state index < -0.39 is 16.1 Å². The van der Waals surface area contributed by atoms with Crippen LogP contribution in [0.2, 0.25) is 0 Å². The number of thiophene rings is 1. The second kappa shape index (κ2) is 9.38. The van der Waals surface area contributed by atoms with Gasteiger partial charge in [-0.25, -0.2) is 8.42 Å². The van der Waals surface area contributed by atoms with Crippen LogP contribution >= 0.6 is 11.3 Å². The Morgan fingerprint density at radius 3 is 2.55 bits per heavy atom. The number of nitrogens with one attached hydrogen (secondary N) is 2. The van der Waals surface area contributed by atoms with Crippen LogP contribution in [0.25, 0.3) is 10.9 Å². The number of para-hydroxylation sites is 1. The molecule has 31 heavy (non-hydrogen) atoms. The number of rotatable bonds is 8. The maximum Gasteiger partial charge on any atom is 0.243 e. The number of amides is 1. The Bertz CT molecular complexity index is 1270. The van der Waals surface area contributed by atoms with Crippen LogP contribution in [0.5, 0.6) is 0 Å². The highest BCUT2D eigenvalue weighted by Gasteiger charge is 2.27. The van der Waals surface area contributed by atoms with Crippen molar-refractivity contribution in [2.45, 2.75) is 23.9 Å². The number of carbonyl (C=O) groups is 1. The number of fused-ring (bicyclic) bond motifs is 1. The lowest BCUT2D eigenvalue weighted by Crippen LogP contribution is -2.47. The normalized spacial score (nSPS) is 12.5. The smallest absolute Gasteiger partial charge is 0.243 e. The maximum absolute atomic E-state index is 13.3. The van der Waals surface area contributed by atoms with Gasteiger partial charge >= 0.3 is 0 Å². The molecule has 4 aromatic rings. The van der Waals surface area contributed by atoms with Crippen molar-refractivity contribution < 1.29 is 13.2 Å². The van der Waals surface area contributed by atoms with Gasteiger partial charge in [-0.1, -0.05) is 54.6 Å². The molecule has 0 spiro atoms. The van der Waals surface area contributed by atoms with Crippen LogP contribution in [0.15, 0.2) is 89.3 Å². The van der Waals surface area contributed by atoms with Gasteiger partial charge in [0.15, 0.2) is 0 Å². The summed E-state index contributed by atoms with van der Waals surface area (Å²) in [5, 5.41) is 5.49. The van der Waals surface area contributed by atoms with E-state index in [1.807, 2.05) is 47.8 Å². The molecule has 0 fully saturated rings. The molecule has 2 N–H and O–H groups in total. The maximum atomic E-state index is 13.3. The van der Waals surface area contributed by atoms with Crippen molar-refractivity contribution in [1.82, 2.24) is 15.0 Å². The fourth-order valence-corrected chi connectivity index (χ4v) is 5.31. The molecule has 1 amide bonds. The fraction of sp³-hybridized carbons (Fsp3) is 0.130. The first kappa shape index (κ1) is 21.2. The molecule has 2 aromatic heterocycles. The molecule has 0 aliphatic heterocycles. The van der Waals surface area contributed by atoms with Crippen molar-refractivity contribution in [3.05, 3.63) is 94.8 Å². The van der Waals surface area contributed by atoms with Crippen molar-refractivity contribution in [2.24, 2.45) is 0 Å². The average Bonchev–Trinajstić information content (AvgIpc) is 3.31. The van der Waals surface area contributed by atoms with Crippen LogP contribution in [-0.4, -0.2) is 25.4 Å². The highest BCUT2D eigenvalue weighted by molar-refractivity contribution is 7.89. The molecule has 2 heterocycles.